The molecule has 0 fully saturated rings. The molecule has 2 aliphatic heterocycles. The zero-order chi connectivity index (χ0) is 22.2. The highest BCUT2D eigenvalue weighted by Crippen LogP contribution is 2.43. The summed E-state index contributed by atoms with van der Waals surface area (Å²) in [7, 11) is 1.34. The van der Waals surface area contributed by atoms with Gasteiger partial charge in [0.05, 0.1) is 31.0 Å². The molecule has 0 N–H and O–H groups in total. The van der Waals surface area contributed by atoms with E-state index in [9.17, 15) is 9.59 Å². The van der Waals surface area contributed by atoms with Gasteiger partial charge in [0.15, 0.2) is 5.76 Å². The molecule has 5 rings (SSSR count). The lowest BCUT2D eigenvalue weighted by molar-refractivity contribution is 0.0600. The van der Waals surface area contributed by atoms with Crippen molar-refractivity contribution in [3.05, 3.63) is 88.1 Å². The van der Waals surface area contributed by atoms with Gasteiger partial charge in [0.2, 0.25) is 5.78 Å². The van der Waals surface area contributed by atoms with E-state index in [-0.39, 0.29) is 11.5 Å². The summed E-state index contributed by atoms with van der Waals surface area (Å²) in [6, 6.07) is 12.4. The Morgan fingerprint density at radius 3 is 2.72 bits per heavy atom. The van der Waals surface area contributed by atoms with Crippen LogP contribution in [0.15, 0.2) is 58.9 Å². The molecule has 0 saturated carbocycles. The van der Waals surface area contributed by atoms with Crippen LogP contribution in [0.4, 0.5) is 0 Å². The highest BCUT2D eigenvalue weighted by molar-refractivity contribution is 6.15. The van der Waals surface area contributed by atoms with Crippen LogP contribution < -0.4 is 9.47 Å². The number of fused-ring (bicyclic) bond motifs is 2. The molecule has 162 valence electrons. The van der Waals surface area contributed by atoms with Crippen LogP contribution in [-0.2, 0) is 17.8 Å². The first-order chi connectivity index (χ1) is 15.5. The van der Waals surface area contributed by atoms with Crippen molar-refractivity contribution in [2.45, 2.75) is 20.0 Å². The Balaban J connectivity index is 1.40. The molecule has 2 aliphatic rings. The molecule has 7 nitrogen and oxygen atoms in total. The maximum absolute atomic E-state index is 13.1. The predicted octanol–water partition coefficient (Wildman–Crippen LogP) is 4.34. The number of carbonyl (C=O) groups is 2. The largest absolute Gasteiger partial charge is 0.477 e. The van der Waals surface area contributed by atoms with Crippen molar-refractivity contribution in [3.8, 4) is 11.5 Å². The zero-order valence-electron chi connectivity index (χ0n) is 17.7. The van der Waals surface area contributed by atoms with Crippen LogP contribution in [0.1, 0.15) is 43.2 Å². The van der Waals surface area contributed by atoms with Gasteiger partial charge in [-0.3, -0.25) is 9.69 Å². The van der Waals surface area contributed by atoms with E-state index in [1.165, 1.54) is 7.11 Å². The van der Waals surface area contributed by atoms with Gasteiger partial charge in [0.25, 0.3) is 0 Å². The molecule has 3 aromatic rings. The van der Waals surface area contributed by atoms with Gasteiger partial charge in [-0.25, -0.2) is 4.79 Å². The van der Waals surface area contributed by atoms with Crippen LogP contribution in [0.5, 0.6) is 11.5 Å². The number of allylic oxidation sites excluding steroid dienone is 1. The van der Waals surface area contributed by atoms with Gasteiger partial charge in [-0.2, -0.15) is 0 Å². The molecule has 1 aromatic heterocycles. The average Bonchev–Trinajstić information content (AvgIpc) is 3.42. The minimum absolute atomic E-state index is 0.175. The van der Waals surface area contributed by atoms with Crippen molar-refractivity contribution in [2.24, 2.45) is 0 Å². The molecule has 32 heavy (non-hydrogen) atoms. The maximum atomic E-state index is 13.1. The molecule has 3 heterocycles. The first-order valence-corrected chi connectivity index (χ1v) is 10.2. The van der Waals surface area contributed by atoms with Crippen molar-refractivity contribution in [3.63, 3.8) is 0 Å². The standard InChI is InChI=1S/C25H21NO6/c1-15-23-18(12-26(14-31-23)13-19-4-3-9-30-19)11-20-22(27)21(32-24(15)20)10-16-5-7-17(8-6-16)25(28)29-2/h3-11H,12-14H2,1-2H3/b21-10-. The lowest BCUT2D eigenvalue weighted by atomic mass is 10.00. The molecule has 0 atom stereocenters. The molecule has 0 saturated heterocycles. The van der Waals surface area contributed by atoms with E-state index in [4.69, 9.17) is 18.6 Å². The van der Waals surface area contributed by atoms with E-state index >= 15 is 0 Å². The Labute approximate surface area is 184 Å². The average molecular weight is 431 g/mol. The van der Waals surface area contributed by atoms with E-state index in [0.717, 1.165) is 28.2 Å². The molecular formula is C25H21NO6. The van der Waals surface area contributed by atoms with E-state index in [1.54, 1.807) is 36.6 Å². The number of esters is 1. The second kappa shape index (κ2) is 8.01. The summed E-state index contributed by atoms with van der Waals surface area (Å²) in [5, 5.41) is 0. The third kappa shape index (κ3) is 3.56. The Bertz CT molecular complexity index is 1220. The molecule has 0 spiro atoms. The summed E-state index contributed by atoms with van der Waals surface area (Å²) in [5.74, 6) is 1.81. The highest BCUT2D eigenvalue weighted by Gasteiger charge is 2.33. The third-order valence-corrected chi connectivity index (χ3v) is 5.59. The maximum Gasteiger partial charge on any atom is 0.337 e. The minimum Gasteiger partial charge on any atom is -0.477 e. The molecule has 0 amide bonds. The fraction of sp³-hybridized carbons (Fsp3) is 0.200. The van der Waals surface area contributed by atoms with Crippen molar-refractivity contribution < 1.29 is 28.2 Å². The van der Waals surface area contributed by atoms with E-state index in [2.05, 4.69) is 4.90 Å². The van der Waals surface area contributed by atoms with Gasteiger partial charge in [0.1, 0.15) is 24.0 Å². The number of methoxy groups -OCH3 is 1. The van der Waals surface area contributed by atoms with Crippen LogP contribution in [0.25, 0.3) is 6.08 Å². The quantitative estimate of drug-likeness (QED) is 0.449. The molecule has 2 aromatic carbocycles. The van der Waals surface area contributed by atoms with Crippen LogP contribution >= 0.6 is 0 Å². The second-order valence-corrected chi connectivity index (χ2v) is 7.76. The van der Waals surface area contributed by atoms with E-state index < -0.39 is 5.97 Å². The van der Waals surface area contributed by atoms with Crippen molar-refractivity contribution in [1.82, 2.24) is 4.90 Å². The van der Waals surface area contributed by atoms with Gasteiger partial charge < -0.3 is 18.6 Å². The van der Waals surface area contributed by atoms with E-state index in [0.29, 0.717) is 36.7 Å². The summed E-state index contributed by atoms with van der Waals surface area (Å²) >= 11 is 0. The Kier molecular flexibility index (Phi) is 5.03. The summed E-state index contributed by atoms with van der Waals surface area (Å²) in [5.41, 5.74) is 3.48. The van der Waals surface area contributed by atoms with Crippen LogP contribution in [-0.4, -0.2) is 30.5 Å². The normalized spacial score (nSPS) is 16.3. The Morgan fingerprint density at radius 1 is 1.19 bits per heavy atom. The third-order valence-electron chi connectivity index (χ3n) is 5.59. The summed E-state index contributed by atoms with van der Waals surface area (Å²) in [6.45, 7) is 3.60. The van der Waals surface area contributed by atoms with Gasteiger partial charge in [-0.05, 0) is 48.9 Å². The number of ketones is 1. The number of nitrogens with zero attached hydrogens (tertiary/aromatic N) is 1. The number of Topliss-reactive ketones (excluding diaryl/α,β-unsaturated/α-hetero) is 1. The smallest absolute Gasteiger partial charge is 0.337 e. The first kappa shape index (κ1) is 20.1. The molecule has 0 unspecified atom stereocenters. The monoisotopic (exact) mass is 431 g/mol. The number of furan rings is 1. The fourth-order valence-electron chi connectivity index (χ4n) is 4.01. The molecule has 7 heteroatoms. The van der Waals surface area contributed by atoms with Crippen molar-refractivity contribution in [1.29, 1.82) is 0 Å². The first-order valence-electron chi connectivity index (χ1n) is 10.2. The second-order valence-electron chi connectivity index (χ2n) is 7.76. The molecule has 0 radical (unpaired) electrons. The zero-order valence-corrected chi connectivity index (χ0v) is 17.7. The molecule has 0 aliphatic carbocycles. The number of carbonyl (C=O) groups excluding carboxylic acids is 2. The number of hydrogen-bond donors (Lipinski definition) is 0. The summed E-state index contributed by atoms with van der Waals surface area (Å²) < 4.78 is 22.1. The molecule has 0 bridgehead atoms. The highest BCUT2D eigenvalue weighted by atomic mass is 16.5. The minimum atomic E-state index is -0.410. The van der Waals surface area contributed by atoms with Gasteiger partial charge in [-0.15, -0.1) is 0 Å². The number of benzene rings is 2. The van der Waals surface area contributed by atoms with Crippen LogP contribution in [0, 0.1) is 6.92 Å². The molecular weight excluding hydrogens is 410 g/mol. The Morgan fingerprint density at radius 2 is 2.00 bits per heavy atom. The lowest BCUT2D eigenvalue weighted by Gasteiger charge is -2.29. The van der Waals surface area contributed by atoms with E-state index in [1.807, 2.05) is 25.1 Å². The number of rotatable bonds is 4. The van der Waals surface area contributed by atoms with Crippen LogP contribution in [0.2, 0.25) is 0 Å². The predicted molar refractivity (Wildman–Crippen MR) is 115 cm³/mol. The lowest BCUT2D eigenvalue weighted by Crippen LogP contribution is -2.31. The Hall–Kier alpha value is -3.84. The summed E-state index contributed by atoms with van der Waals surface area (Å²) in [4.78, 5) is 26.8. The van der Waals surface area contributed by atoms with Gasteiger partial charge in [-0.1, -0.05) is 12.1 Å². The van der Waals surface area contributed by atoms with Gasteiger partial charge in [0, 0.05) is 17.7 Å². The fourth-order valence-corrected chi connectivity index (χ4v) is 4.01. The van der Waals surface area contributed by atoms with Crippen molar-refractivity contribution >= 4 is 17.8 Å². The van der Waals surface area contributed by atoms with Crippen molar-refractivity contribution in [2.75, 3.05) is 13.8 Å². The van der Waals surface area contributed by atoms with Crippen LogP contribution in [0.3, 0.4) is 0 Å². The number of hydrogen-bond acceptors (Lipinski definition) is 7. The summed E-state index contributed by atoms with van der Waals surface area (Å²) in [6.07, 6.45) is 3.32. The topological polar surface area (TPSA) is 78.2 Å². The SMILES string of the molecule is COC(=O)c1ccc(/C=C2\Oc3c(cc4c(c3C)OCN(Cc3ccco3)C4)C2=O)cc1. The van der Waals surface area contributed by atoms with Gasteiger partial charge >= 0.3 is 5.97 Å². The number of ether oxygens (including phenoxy) is 3.